The van der Waals surface area contributed by atoms with Crippen molar-refractivity contribution < 1.29 is 4.42 Å². The van der Waals surface area contributed by atoms with Crippen molar-refractivity contribution in [3.8, 4) is 22.3 Å². The molecule has 0 aliphatic heterocycles. The molecule has 3 heteroatoms. The van der Waals surface area contributed by atoms with E-state index in [0.29, 0.717) is 0 Å². The Morgan fingerprint density at radius 3 is 2.00 bits per heavy atom. The summed E-state index contributed by atoms with van der Waals surface area (Å²) in [5, 5.41) is 5.66. The predicted molar refractivity (Wildman–Crippen MR) is 192 cm³/mol. The summed E-state index contributed by atoms with van der Waals surface area (Å²) in [5.41, 5.74) is 10.5. The highest BCUT2D eigenvalue weighted by molar-refractivity contribution is 6.18. The van der Waals surface area contributed by atoms with Gasteiger partial charge in [-0.1, -0.05) is 115 Å². The molecule has 216 valence electrons. The minimum absolute atomic E-state index is 0.789. The van der Waals surface area contributed by atoms with Crippen LogP contribution in [0, 0.1) is 0 Å². The van der Waals surface area contributed by atoms with Crippen LogP contribution in [0.3, 0.4) is 0 Å². The minimum atomic E-state index is 0.789. The molecule has 0 N–H and O–H groups in total. The molecule has 2 aromatic heterocycles. The van der Waals surface area contributed by atoms with Crippen LogP contribution in [0.25, 0.3) is 65.9 Å². The molecule has 46 heavy (non-hydrogen) atoms. The predicted octanol–water partition coefficient (Wildman–Crippen LogP) is 12.1. The number of furan rings is 1. The second kappa shape index (κ2) is 10.8. The lowest BCUT2D eigenvalue weighted by atomic mass is 9.99. The zero-order chi connectivity index (χ0) is 30.5. The zero-order valence-corrected chi connectivity index (χ0v) is 25.0. The maximum Gasteiger partial charge on any atom is 0.153 e. The number of aromatic nitrogens is 1. The Bertz CT molecular complexity index is 2530. The maximum atomic E-state index is 6.40. The second-order valence-electron chi connectivity index (χ2n) is 11.6. The van der Waals surface area contributed by atoms with Gasteiger partial charge in [0.2, 0.25) is 0 Å². The van der Waals surface area contributed by atoms with Crippen molar-refractivity contribution >= 4 is 60.7 Å². The van der Waals surface area contributed by atoms with Crippen molar-refractivity contribution in [2.75, 3.05) is 4.90 Å². The van der Waals surface area contributed by atoms with Gasteiger partial charge >= 0.3 is 0 Å². The second-order valence-corrected chi connectivity index (χ2v) is 11.6. The third-order valence-corrected chi connectivity index (χ3v) is 8.87. The summed E-state index contributed by atoms with van der Waals surface area (Å²) in [6.45, 7) is 0. The normalized spacial score (nSPS) is 11.5. The monoisotopic (exact) mass is 588 g/mol. The van der Waals surface area contributed by atoms with Crippen molar-refractivity contribution in [1.29, 1.82) is 0 Å². The van der Waals surface area contributed by atoms with Gasteiger partial charge in [0.25, 0.3) is 0 Å². The van der Waals surface area contributed by atoms with E-state index in [-0.39, 0.29) is 0 Å². The van der Waals surface area contributed by atoms with E-state index in [2.05, 4.69) is 157 Å². The van der Waals surface area contributed by atoms with Crippen LogP contribution >= 0.6 is 0 Å². The van der Waals surface area contributed by atoms with Gasteiger partial charge in [-0.05, 0) is 81.6 Å². The summed E-state index contributed by atoms with van der Waals surface area (Å²) in [7, 11) is 0. The average molecular weight is 589 g/mol. The number of rotatable bonds is 5. The van der Waals surface area contributed by atoms with E-state index in [1.807, 2.05) is 18.3 Å². The molecule has 0 radical (unpaired) electrons. The molecule has 0 atom stereocenters. The molecule has 9 aromatic rings. The summed E-state index contributed by atoms with van der Waals surface area (Å²) in [6, 6.07) is 58.1. The summed E-state index contributed by atoms with van der Waals surface area (Å²) in [6.07, 6.45) is 1.83. The topological polar surface area (TPSA) is 29.3 Å². The highest BCUT2D eigenvalue weighted by Crippen LogP contribution is 2.45. The molecule has 3 nitrogen and oxygen atoms in total. The van der Waals surface area contributed by atoms with Crippen molar-refractivity contribution in [1.82, 2.24) is 4.98 Å². The molecule has 0 bridgehead atoms. The first-order chi connectivity index (χ1) is 22.8. The molecule has 0 spiro atoms. The minimum Gasteiger partial charge on any atom is -0.454 e. The molecule has 0 saturated heterocycles. The fourth-order valence-electron chi connectivity index (χ4n) is 6.64. The van der Waals surface area contributed by atoms with Crippen molar-refractivity contribution in [3.63, 3.8) is 0 Å². The van der Waals surface area contributed by atoms with Crippen LogP contribution in [0.4, 0.5) is 17.1 Å². The average Bonchev–Trinajstić information content (AvgIpc) is 3.51. The maximum absolute atomic E-state index is 6.40. The van der Waals surface area contributed by atoms with Crippen LogP contribution in [0.2, 0.25) is 0 Å². The Morgan fingerprint density at radius 1 is 0.435 bits per heavy atom. The molecule has 0 aliphatic rings. The molecule has 0 amide bonds. The van der Waals surface area contributed by atoms with E-state index in [1.54, 1.807) is 0 Å². The third kappa shape index (κ3) is 4.41. The standard InChI is InChI=1S/C43H28N2O/c1-2-10-29(11-3-1)33-14-8-15-36(27-33)45(35-23-21-31(22-24-35)34-20-19-30-12-4-5-13-32(30)26-34)40-28-39-42-41(18-9-25-44-42)46-43(39)38-17-7-6-16-37(38)40/h1-28H. The lowest BCUT2D eigenvalue weighted by Gasteiger charge is -2.28. The number of hydrogen-bond donors (Lipinski definition) is 0. The lowest BCUT2D eigenvalue weighted by Crippen LogP contribution is -2.10. The van der Waals surface area contributed by atoms with Gasteiger partial charge in [-0.3, -0.25) is 4.98 Å². The van der Waals surface area contributed by atoms with E-state index < -0.39 is 0 Å². The summed E-state index contributed by atoms with van der Waals surface area (Å²) < 4.78 is 6.40. The number of anilines is 3. The van der Waals surface area contributed by atoms with Gasteiger partial charge in [-0.2, -0.15) is 0 Å². The molecule has 0 saturated carbocycles. The molecular formula is C43H28N2O. The Labute approximate surface area is 266 Å². The number of benzene rings is 7. The quantitative estimate of drug-likeness (QED) is 0.200. The Morgan fingerprint density at radius 2 is 1.13 bits per heavy atom. The van der Waals surface area contributed by atoms with Crippen LogP contribution in [-0.4, -0.2) is 4.98 Å². The highest BCUT2D eigenvalue weighted by Gasteiger charge is 2.21. The van der Waals surface area contributed by atoms with Crippen molar-refractivity contribution in [3.05, 3.63) is 170 Å². The molecule has 9 rings (SSSR count). The number of fused-ring (bicyclic) bond motifs is 6. The van der Waals surface area contributed by atoms with Crippen LogP contribution in [0.15, 0.2) is 174 Å². The van der Waals surface area contributed by atoms with E-state index in [9.17, 15) is 0 Å². The Balaban J connectivity index is 1.26. The van der Waals surface area contributed by atoms with Gasteiger partial charge in [0.1, 0.15) is 11.1 Å². The van der Waals surface area contributed by atoms with Gasteiger partial charge < -0.3 is 9.32 Å². The Hall–Kier alpha value is -6.19. The van der Waals surface area contributed by atoms with Crippen LogP contribution < -0.4 is 4.90 Å². The highest BCUT2D eigenvalue weighted by atomic mass is 16.3. The summed E-state index contributed by atoms with van der Waals surface area (Å²) in [5.74, 6) is 0. The van der Waals surface area contributed by atoms with Gasteiger partial charge in [0.05, 0.1) is 5.69 Å². The first-order valence-electron chi connectivity index (χ1n) is 15.5. The molecule has 2 heterocycles. The van der Waals surface area contributed by atoms with Gasteiger partial charge in [-0.25, -0.2) is 0 Å². The van der Waals surface area contributed by atoms with Crippen LogP contribution in [0.1, 0.15) is 0 Å². The fourth-order valence-corrected chi connectivity index (χ4v) is 6.64. The summed E-state index contributed by atoms with van der Waals surface area (Å²) >= 11 is 0. The molecular weight excluding hydrogens is 560 g/mol. The number of hydrogen-bond acceptors (Lipinski definition) is 3. The summed E-state index contributed by atoms with van der Waals surface area (Å²) in [4.78, 5) is 7.09. The SMILES string of the molecule is c1ccc(-c2cccc(N(c3ccc(-c4ccc5ccccc5c4)cc3)c3cc4c5ncccc5oc4c4ccccc34)c2)cc1. The van der Waals surface area contributed by atoms with E-state index in [4.69, 9.17) is 9.40 Å². The fraction of sp³-hybridized carbons (Fsp3) is 0. The number of pyridine rings is 1. The Kier molecular flexibility index (Phi) is 6.14. The molecule has 0 aliphatic carbocycles. The zero-order valence-electron chi connectivity index (χ0n) is 25.0. The largest absolute Gasteiger partial charge is 0.454 e. The lowest BCUT2D eigenvalue weighted by molar-refractivity contribution is 0.672. The molecule has 0 fully saturated rings. The van der Waals surface area contributed by atoms with E-state index >= 15 is 0 Å². The van der Waals surface area contributed by atoms with E-state index in [1.165, 1.54) is 27.5 Å². The van der Waals surface area contributed by atoms with E-state index in [0.717, 1.165) is 55.5 Å². The van der Waals surface area contributed by atoms with Crippen LogP contribution in [-0.2, 0) is 0 Å². The number of nitrogens with zero attached hydrogens (tertiary/aromatic N) is 2. The van der Waals surface area contributed by atoms with Gasteiger partial charge in [-0.15, -0.1) is 0 Å². The van der Waals surface area contributed by atoms with Crippen molar-refractivity contribution in [2.24, 2.45) is 0 Å². The first kappa shape index (κ1) is 26.2. The van der Waals surface area contributed by atoms with Gasteiger partial charge in [0.15, 0.2) is 5.58 Å². The van der Waals surface area contributed by atoms with Crippen molar-refractivity contribution in [2.45, 2.75) is 0 Å². The molecule has 0 unspecified atom stereocenters. The van der Waals surface area contributed by atoms with Crippen LogP contribution in [0.5, 0.6) is 0 Å². The first-order valence-corrected chi connectivity index (χ1v) is 15.5. The van der Waals surface area contributed by atoms with Gasteiger partial charge in [0, 0.05) is 33.7 Å². The third-order valence-electron chi connectivity index (χ3n) is 8.87. The smallest absolute Gasteiger partial charge is 0.153 e. The molecule has 7 aromatic carbocycles.